The third-order valence-electron chi connectivity index (χ3n) is 4.48. The molecule has 1 aliphatic rings. The monoisotopic (exact) mass is 341 g/mol. The van der Waals surface area contributed by atoms with E-state index >= 15 is 0 Å². The maximum atomic E-state index is 12.7. The second-order valence-electron chi connectivity index (χ2n) is 6.20. The number of rotatable bonds is 7. The minimum absolute atomic E-state index is 0.0279. The summed E-state index contributed by atoms with van der Waals surface area (Å²) in [7, 11) is 0. The van der Waals surface area contributed by atoms with Crippen molar-refractivity contribution in [3.05, 3.63) is 53.7 Å². The molecule has 3 rings (SSSR count). The summed E-state index contributed by atoms with van der Waals surface area (Å²) in [5, 5.41) is 2.68. The molecule has 0 bridgehead atoms. The van der Waals surface area contributed by atoms with E-state index in [0.29, 0.717) is 24.9 Å². The molecular formula is C19H23N3O3. The standard InChI is InChI=1S/C19H23N3O3/c1-3-20-18(23)16-12-25-17(21-16)11-22(4-2)19(24)15-10-14(15)13-8-6-5-7-9-13/h5-9,12,14-15H,3-4,10-11H2,1-2H3,(H,20,23). The zero-order chi connectivity index (χ0) is 17.8. The molecule has 0 radical (unpaired) electrons. The van der Waals surface area contributed by atoms with E-state index in [0.717, 1.165) is 6.42 Å². The molecule has 1 N–H and O–H groups in total. The van der Waals surface area contributed by atoms with Gasteiger partial charge in [0.05, 0.1) is 6.54 Å². The first-order valence-electron chi connectivity index (χ1n) is 8.70. The maximum Gasteiger partial charge on any atom is 0.273 e. The van der Waals surface area contributed by atoms with Crippen molar-refractivity contribution < 1.29 is 14.0 Å². The molecule has 1 aromatic heterocycles. The van der Waals surface area contributed by atoms with Crippen LogP contribution in [-0.4, -0.2) is 34.8 Å². The van der Waals surface area contributed by atoms with Gasteiger partial charge in [-0.15, -0.1) is 0 Å². The molecule has 132 valence electrons. The third kappa shape index (κ3) is 3.90. The van der Waals surface area contributed by atoms with Crippen molar-refractivity contribution in [2.24, 2.45) is 5.92 Å². The SMILES string of the molecule is CCNC(=O)c1coc(CN(CC)C(=O)C2CC2c2ccccc2)n1. The maximum absolute atomic E-state index is 12.7. The Kier molecular flexibility index (Phi) is 5.16. The van der Waals surface area contributed by atoms with Crippen molar-refractivity contribution in [1.29, 1.82) is 0 Å². The van der Waals surface area contributed by atoms with Gasteiger partial charge in [0.1, 0.15) is 6.26 Å². The van der Waals surface area contributed by atoms with E-state index in [1.807, 2.05) is 32.0 Å². The average molecular weight is 341 g/mol. The van der Waals surface area contributed by atoms with Crippen LogP contribution in [0.3, 0.4) is 0 Å². The van der Waals surface area contributed by atoms with Gasteiger partial charge < -0.3 is 14.6 Å². The molecule has 1 aromatic carbocycles. The lowest BCUT2D eigenvalue weighted by molar-refractivity contribution is -0.133. The van der Waals surface area contributed by atoms with Crippen LogP contribution in [-0.2, 0) is 11.3 Å². The molecule has 2 unspecified atom stereocenters. The zero-order valence-electron chi connectivity index (χ0n) is 14.6. The summed E-state index contributed by atoms with van der Waals surface area (Å²) in [6.45, 7) is 5.17. The molecule has 1 saturated carbocycles. The molecule has 25 heavy (non-hydrogen) atoms. The van der Waals surface area contributed by atoms with Gasteiger partial charge in [0.2, 0.25) is 11.8 Å². The minimum Gasteiger partial charge on any atom is -0.446 e. The summed E-state index contributed by atoms with van der Waals surface area (Å²) in [6, 6.07) is 10.1. The Labute approximate surface area is 147 Å². The van der Waals surface area contributed by atoms with Gasteiger partial charge in [-0.1, -0.05) is 30.3 Å². The molecular weight excluding hydrogens is 318 g/mol. The normalized spacial score (nSPS) is 18.6. The van der Waals surface area contributed by atoms with Crippen LogP contribution in [0.2, 0.25) is 0 Å². The number of amides is 2. The quantitative estimate of drug-likeness (QED) is 0.840. The average Bonchev–Trinajstić information content (AvgIpc) is 3.30. The van der Waals surface area contributed by atoms with Gasteiger partial charge in [0.25, 0.3) is 5.91 Å². The van der Waals surface area contributed by atoms with Crippen LogP contribution in [0.1, 0.15) is 48.1 Å². The van der Waals surface area contributed by atoms with E-state index in [1.54, 1.807) is 4.90 Å². The lowest BCUT2D eigenvalue weighted by Crippen LogP contribution is -2.32. The van der Waals surface area contributed by atoms with E-state index in [4.69, 9.17) is 4.42 Å². The summed E-state index contributed by atoms with van der Waals surface area (Å²) >= 11 is 0. The molecule has 0 spiro atoms. The number of benzene rings is 1. The fourth-order valence-corrected chi connectivity index (χ4v) is 3.02. The number of nitrogens with zero attached hydrogens (tertiary/aromatic N) is 2. The highest BCUT2D eigenvalue weighted by molar-refractivity contribution is 5.91. The van der Waals surface area contributed by atoms with Crippen LogP contribution in [0.5, 0.6) is 0 Å². The van der Waals surface area contributed by atoms with E-state index in [-0.39, 0.29) is 30.0 Å². The topological polar surface area (TPSA) is 75.4 Å². The van der Waals surface area contributed by atoms with Gasteiger partial charge in [-0.25, -0.2) is 4.98 Å². The third-order valence-corrected chi connectivity index (χ3v) is 4.48. The van der Waals surface area contributed by atoms with E-state index in [9.17, 15) is 9.59 Å². The molecule has 2 amide bonds. The Morgan fingerprint density at radius 1 is 1.28 bits per heavy atom. The van der Waals surface area contributed by atoms with Gasteiger partial charge in [0, 0.05) is 19.0 Å². The Hall–Kier alpha value is -2.63. The Morgan fingerprint density at radius 2 is 2.04 bits per heavy atom. The van der Waals surface area contributed by atoms with Gasteiger partial charge in [0.15, 0.2) is 5.69 Å². The van der Waals surface area contributed by atoms with Crippen molar-refractivity contribution in [2.45, 2.75) is 32.7 Å². The minimum atomic E-state index is -0.266. The number of hydrogen-bond acceptors (Lipinski definition) is 4. The second-order valence-corrected chi connectivity index (χ2v) is 6.20. The predicted octanol–water partition coefficient (Wildman–Crippen LogP) is 2.58. The lowest BCUT2D eigenvalue weighted by Gasteiger charge is -2.19. The fraction of sp³-hybridized carbons (Fsp3) is 0.421. The summed E-state index contributed by atoms with van der Waals surface area (Å²) in [5.41, 5.74) is 1.46. The molecule has 2 aromatic rings. The zero-order valence-corrected chi connectivity index (χ0v) is 14.6. The number of hydrogen-bond donors (Lipinski definition) is 1. The molecule has 1 heterocycles. The van der Waals surface area contributed by atoms with E-state index in [2.05, 4.69) is 22.4 Å². The van der Waals surface area contributed by atoms with Crippen LogP contribution < -0.4 is 5.32 Å². The van der Waals surface area contributed by atoms with Crippen molar-refractivity contribution in [1.82, 2.24) is 15.2 Å². The highest BCUT2D eigenvalue weighted by Gasteiger charge is 2.45. The lowest BCUT2D eigenvalue weighted by atomic mass is 10.1. The van der Waals surface area contributed by atoms with Crippen molar-refractivity contribution in [3.8, 4) is 0 Å². The molecule has 1 fully saturated rings. The van der Waals surface area contributed by atoms with Crippen molar-refractivity contribution in [2.75, 3.05) is 13.1 Å². The first kappa shape index (κ1) is 17.2. The van der Waals surface area contributed by atoms with E-state index in [1.165, 1.54) is 11.8 Å². The Morgan fingerprint density at radius 3 is 2.72 bits per heavy atom. The summed E-state index contributed by atoms with van der Waals surface area (Å²) in [6.07, 6.45) is 2.22. The smallest absolute Gasteiger partial charge is 0.273 e. The van der Waals surface area contributed by atoms with Gasteiger partial charge in [-0.2, -0.15) is 0 Å². The van der Waals surface area contributed by atoms with Crippen molar-refractivity contribution >= 4 is 11.8 Å². The highest BCUT2D eigenvalue weighted by atomic mass is 16.3. The highest BCUT2D eigenvalue weighted by Crippen LogP contribution is 2.48. The number of oxazole rings is 1. The van der Waals surface area contributed by atoms with E-state index < -0.39 is 0 Å². The number of carbonyl (C=O) groups is 2. The largest absolute Gasteiger partial charge is 0.446 e. The second kappa shape index (κ2) is 7.51. The Bertz CT molecular complexity index is 741. The molecule has 2 atom stereocenters. The van der Waals surface area contributed by atoms with Crippen LogP contribution in [0.25, 0.3) is 0 Å². The number of aromatic nitrogens is 1. The first-order chi connectivity index (χ1) is 12.1. The van der Waals surface area contributed by atoms with Crippen LogP contribution in [0, 0.1) is 5.92 Å². The molecule has 6 heteroatoms. The molecule has 6 nitrogen and oxygen atoms in total. The number of nitrogens with one attached hydrogen (secondary N) is 1. The van der Waals surface area contributed by atoms with Crippen molar-refractivity contribution in [3.63, 3.8) is 0 Å². The summed E-state index contributed by atoms with van der Waals surface area (Å²) in [5.74, 6) is 0.569. The molecule has 0 aliphatic heterocycles. The summed E-state index contributed by atoms with van der Waals surface area (Å²) in [4.78, 5) is 30.4. The van der Waals surface area contributed by atoms with Gasteiger partial charge >= 0.3 is 0 Å². The Balaban J connectivity index is 1.61. The summed E-state index contributed by atoms with van der Waals surface area (Å²) < 4.78 is 5.36. The molecule has 1 aliphatic carbocycles. The first-order valence-corrected chi connectivity index (χ1v) is 8.70. The van der Waals surface area contributed by atoms with Crippen LogP contribution in [0.15, 0.2) is 41.0 Å². The van der Waals surface area contributed by atoms with Gasteiger partial charge in [-0.3, -0.25) is 9.59 Å². The van der Waals surface area contributed by atoms with Crippen LogP contribution >= 0.6 is 0 Å². The fourth-order valence-electron chi connectivity index (χ4n) is 3.02. The van der Waals surface area contributed by atoms with Crippen LogP contribution in [0.4, 0.5) is 0 Å². The van der Waals surface area contributed by atoms with Gasteiger partial charge in [-0.05, 0) is 31.7 Å². The predicted molar refractivity (Wildman–Crippen MR) is 92.9 cm³/mol. The number of carbonyl (C=O) groups excluding carboxylic acids is 2. The molecule has 0 saturated heterocycles.